The van der Waals surface area contributed by atoms with Crippen LogP contribution < -0.4 is 5.32 Å². The van der Waals surface area contributed by atoms with Gasteiger partial charge in [0, 0.05) is 24.5 Å². The maximum absolute atomic E-state index is 12.7. The second-order valence-corrected chi connectivity index (χ2v) is 17.5. The maximum atomic E-state index is 12.7. The SMILES string of the molecule is CCCCCCCCCCCCCCCCCCNC(=O)OCC(CSCCC(=O)OC(C)(C)C)OC(=O)CCCCCCCCCCCCCCC. The van der Waals surface area contributed by atoms with Gasteiger partial charge in [-0.1, -0.05) is 187 Å². The van der Waals surface area contributed by atoms with Gasteiger partial charge in [-0.05, 0) is 33.6 Å². The van der Waals surface area contributed by atoms with Crippen LogP contribution in [0.2, 0.25) is 0 Å². The number of unbranched alkanes of at least 4 members (excludes halogenated alkanes) is 27. The van der Waals surface area contributed by atoms with Gasteiger partial charge in [0.15, 0.2) is 0 Å². The van der Waals surface area contributed by atoms with Gasteiger partial charge < -0.3 is 19.5 Å². The van der Waals surface area contributed by atoms with Crippen molar-refractivity contribution in [1.82, 2.24) is 5.32 Å². The molecule has 0 aromatic rings. The standard InChI is InChI=1S/C45H87NO6S/c1-6-8-10-12-14-16-18-20-21-22-24-26-28-30-32-34-37-46-44(49)50-39-41(40-53-38-36-43(48)52-45(3,4)5)51-42(47)35-33-31-29-27-25-23-19-17-15-13-11-9-7-2/h41H,6-40H2,1-5H3,(H,46,49). The Bertz CT molecular complexity index is 832. The van der Waals surface area contributed by atoms with E-state index in [1.54, 1.807) is 0 Å². The maximum Gasteiger partial charge on any atom is 0.407 e. The van der Waals surface area contributed by atoms with Crippen LogP contribution in [0.1, 0.15) is 234 Å². The minimum absolute atomic E-state index is 0.00851. The highest BCUT2D eigenvalue weighted by atomic mass is 32.2. The Hall–Kier alpha value is -1.44. The quantitative estimate of drug-likeness (QED) is 0.0378. The average Bonchev–Trinajstić information content (AvgIpc) is 3.11. The Morgan fingerprint density at radius 2 is 0.925 bits per heavy atom. The highest BCUT2D eigenvalue weighted by molar-refractivity contribution is 7.99. The number of nitrogens with one attached hydrogen (secondary N) is 1. The first-order chi connectivity index (χ1) is 25.7. The summed E-state index contributed by atoms with van der Waals surface area (Å²) in [5, 5.41) is 2.86. The predicted octanol–water partition coefficient (Wildman–Crippen LogP) is 13.8. The van der Waals surface area contributed by atoms with Crippen LogP contribution in [0.15, 0.2) is 0 Å². The van der Waals surface area contributed by atoms with E-state index in [9.17, 15) is 14.4 Å². The highest BCUT2D eigenvalue weighted by Crippen LogP contribution is 2.17. The van der Waals surface area contributed by atoms with Gasteiger partial charge in [-0.3, -0.25) is 9.59 Å². The molecule has 0 aliphatic heterocycles. The van der Waals surface area contributed by atoms with Gasteiger partial charge >= 0.3 is 18.0 Å². The zero-order valence-electron chi connectivity index (χ0n) is 35.7. The summed E-state index contributed by atoms with van der Waals surface area (Å²) < 4.78 is 16.6. The zero-order valence-corrected chi connectivity index (χ0v) is 36.5. The summed E-state index contributed by atoms with van der Waals surface area (Å²) in [5.74, 6) is 0.515. The fourth-order valence-corrected chi connectivity index (χ4v) is 7.40. The lowest BCUT2D eigenvalue weighted by Gasteiger charge is -2.20. The molecule has 0 rings (SSSR count). The first-order valence-corrected chi connectivity index (χ1v) is 23.7. The summed E-state index contributed by atoms with van der Waals surface area (Å²) in [6.07, 6.45) is 37.0. The van der Waals surface area contributed by atoms with Crippen LogP contribution in [0.25, 0.3) is 0 Å². The van der Waals surface area contributed by atoms with Gasteiger partial charge in [-0.25, -0.2) is 4.79 Å². The van der Waals surface area contributed by atoms with Crippen molar-refractivity contribution in [2.45, 2.75) is 245 Å². The van der Waals surface area contributed by atoms with E-state index in [1.165, 1.54) is 166 Å². The van der Waals surface area contributed by atoms with E-state index >= 15 is 0 Å². The molecule has 1 atom stereocenters. The number of carbonyl (C=O) groups is 3. The molecule has 0 saturated heterocycles. The summed E-state index contributed by atoms with van der Waals surface area (Å²) in [6.45, 7) is 10.7. The Balaban J connectivity index is 4.14. The minimum Gasteiger partial charge on any atom is -0.460 e. The van der Waals surface area contributed by atoms with Crippen molar-refractivity contribution in [3.63, 3.8) is 0 Å². The van der Waals surface area contributed by atoms with Crippen molar-refractivity contribution in [3.8, 4) is 0 Å². The third kappa shape index (κ3) is 41.6. The van der Waals surface area contributed by atoms with Gasteiger partial charge in [0.25, 0.3) is 0 Å². The number of esters is 2. The Labute approximate surface area is 332 Å². The van der Waals surface area contributed by atoms with Gasteiger partial charge in [0.2, 0.25) is 0 Å². The molecule has 0 bridgehead atoms. The zero-order chi connectivity index (χ0) is 39.1. The summed E-state index contributed by atoms with van der Waals surface area (Å²) in [5.41, 5.74) is -0.513. The average molecular weight is 770 g/mol. The Morgan fingerprint density at radius 1 is 0.528 bits per heavy atom. The largest absolute Gasteiger partial charge is 0.460 e. The van der Waals surface area contributed by atoms with Crippen molar-refractivity contribution in [1.29, 1.82) is 0 Å². The molecule has 0 radical (unpaired) electrons. The topological polar surface area (TPSA) is 90.9 Å². The van der Waals surface area contributed by atoms with Crippen molar-refractivity contribution in [3.05, 3.63) is 0 Å². The van der Waals surface area contributed by atoms with Crippen LogP contribution >= 0.6 is 11.8 Å². The second kappa shape index (κ2) is 38.8. The number of rotatable bonds is 39. The highest BCUT2D eigenvalue weighted by Gasteiger charge is 2.19. The van der Waals surface area contributed by atoms with Crippen molar-refractivity contribution in [2.24, 2.45) is 0 Å². The van der Waals surface area contributed by atoms with Crippen LogP contribution in [0.5, 0.6) is 0 Å². The number of carbonyl (C=O) groups excluding carboxylic acids is 3. The molecule has 1 N–H and O–H groups in total. The van der Waals surface area contributed by atoms with E-state index in [0.717, 1.165) is 32.1 Å². The molecule has 8 heteroatoms. The molecule has 0 aromatic carbocycles. The third-order valence-electron chi connectivity index (χ3n) is 9.66. The lowest BCUT2D eigenvalue weighted by molar-refractivity contribution is -0.154. The molecule has 1 unspecified atom stereocenters. The predicted molar refractivity (Wildman–Crippen MR) is 227 cm³/mol. The Morgan fingerprint density at radius 3 is 1.34 bits per heavy atom. The van der Waals surface area contributed by atoms with Crippen LogP contribution in [-0.2, 0) is 23.8 Å². The molecule has 0 fully saturated rings. The van der Waals surface area contributed by atoms with E-state index in [2.05, 4.69) is 19.2 Å². The normalized spacial score (nSPS) is 12.1. The van der Waals surface area contributed by atoms with Crippen LogP contribution in [0.3, 0.4) is 0 Å². The van der Waals surface area contributed by atoms with Crippen molar-refractivity contribution in [2.75, 3.05) is 24.7 Å². The minimum atomic E-state index is -0.547. The first-order valence-electron chi connectivity index (χ1n) is 22.6. The third-order valence-corrected chi connectivity index (χ3v) is 10.8. The van der Waals surface area contributed by atoms with E-state index in [4.69, 9.17) is 14.2 Å². The number of ether oxygens (including phenoxy) is 3. The Kier molecular flexibility index (Phi) is 37.8. The van der Waals surface area contributed by atoms with E-state index in [1.807, 2.05) is 20.8 Å². The molecule has 0 heterocycles. The molecule has 0 spiro atoms. The second-order valence-electron chi connectivity index (χ2n) is 16.3. The lowest BCUT2D eigenvalue weighted by Crippen LogP contribution is -2.32. The van der Waals surface area contributed by atoms with E-state index < -0.39 is 17.8 Å². The molecule has 0 aliphatic carbocycles. The summed E-state index contributed by atoms with van der Waals surface area (Å²) in [6, 6.07) is 0. The van der Waals surface area contributed by atoms with E-state index in [0.29, 0.717) is 24.5 Å². The van der Waals surface area contributed by atoms with Gasteiger partial charge in [-0.15, -0.1) is 0 Å². The molecular weight excluding hydrogens is 683 g/mol. The number of hydrogen-bond donors (Lipinski definition) is 1. The molecule has 0 saturated carbocycles. The molecule has 0 aliphatic rings. The first kappa shape index (κ1) is 51.6. The van der Waals surface area contributed by atoms with E-state index in [-0.39, 0.29) is 25.0 Å². The molecule has 53 heavy (non-hydrogen) atoms. The summed E-state index contributed by atoms with van der Waals surface area (Å²) in [7, 11) is 0. The molecule has 314 valence electrons. The van der Waals surface area contributed by atoms with Crippen molar-refractivity contribution < 1.29 is 28.6 Å². The number of hydrogen-bond acceptors (Lipinski definition) is 7. The fourth-order valence-electron chi connectivity index (χ4n) is 6.49. The lowest BCUT2D eigenvalue weighted by atomic mass is 10.0. The number of amides is 1. The van der Waals surface area contributed by atoms with Crippen LogP contribution in [0, 0.1) is 0 Å². The fraction of sp³-hybridized carbons (Fsp3) is 0.933. The molecule has 7 nitrogen and oxygen atoms in total. The molecular formula is C45H87NO6S. The summed E-state index contributed by atoms with van der Waals surface area (Å²) >= 11 is 1.51. The van der Waals surface area contributed by atoms with Gasteiger partial charge in [-0.2, -0.15) is 11.8 Å². The van der Waals surface area contributed by atoms with Crippen molar-refractivity contribution >= 4 is 29.8 Å². The number of thioether (sulfide) groups is 1. The monoisotopic (exact) mass is 770 g/mol. The molecule has 0 aromatic heterocycles. The smallest absolute Gasteiger partial charge is 0.407 e. The summed E-state index contributed by atoms with van der Waals surface area (Å²) in [4.78, 5) is 37.2. The van der Waals surface area contributed by atoms with Gasteiger partial charge in [0.05, 0.1) is 6.42 Å². The molecule has 1 amide bonds. The van der Waals surface area contributed by atoms with Crippen LogP contribution in [-0.4, -0.2) is 54.4 Å². The number of alkyl carbamates (subject to hydrolysis) is 1. The van der Waals surface area contributed by atoms with Gasteiger partial charge in [0.1, 0.15) is 18.3 Å². The van der Waals surface area contributed by atoms with Crippen LogP contribution in [0.4, 0.5) is 4.79 Å².